The van der Waals surface area contributed by atoms with Gasteiger partial charge in [-0.25, -0.2) is 14.6 Å². The smallest absolute Gasteiger partial charge is 0.343 e. The molecule has 2 aromatic carbocycles. The lowest BCUT2D eigenvalue weighted by Crippen LogP contribution is -2.40. The van der Waals surface area contributed by atoms with Gasteiger partial charge in [-0.1, -0.05) is 33.3 Å². The number of hydrogen-bond acceptors (Lipinski definition) is 12. The largest absolute Gasteiger partial charge is 0.493 e. The molecule has 0 radical (unpaired) electrons. The van der Waals surface area contributed by atoms with E-state index in [9.17, 15) is 19.2 Å². The second kappa shape index (κ2) is 14.6. The minimum atomic E-state index is -0.916. The average molecular weight is 704 g/mol. The molecule has 238 valence electrons. The fourth-order valence-electron chi connectivity index (χ4n) is 4.58. The monoisotopic (exact) mass is 702 g/mol. The van der Waals surface area contributed by atoms with E-state index in [0.717, 1.165) is 11.3 Å². The maximum Gasteiger partial charge on any atom is 0.343 e. The van der Waals surface area contributed by atoms with E-state index in [4.69, 9.17) is 23.7 Å². The van der Waals surface area contributed by atoms with Crippen molar-refractivity contribution in [3.8, 4) is 23.0 Å². The van der Waals surface area contributed by atoms with E-state index in [1.165, 1.54) is 25.7 Å². The van der Waals surface area contributed by atoms with Crippen LogP contribution in [0.5, 0.6) is 23.0 Å². The van der Waals surface area contributed by atoms with Gasteiger partial charge in [-0.15, -0.1) is 0 Å². The number of fused-ring (bicyclic) bond motifs is 1. The van der Waals surface area contributed by atoms with Crippen LogP contribution in [-0.4, -0.2) is 56.5 Å². The first-order valence-corrected chi connectivity index (χ1v) is 15.4. The fraction of sp³-hybridized carbons (Fsp3) is 0.323. The van der Waals surface area contributed by atoms with Crippen molar-refractivity contribution in [2.24, 2.45) is 4.99 Å². The Kier molecular flexibility index (Phi) is 10.8. The third-order valence-electron chi connectivity index (χ3n) is 6.50. The summed E-state index contributed by atoms with van der Waals surface area (Å²) in [6.07, 6.45) is 1.66. The van der Waals surface area contributed by atoms with Crippen LogP contribution in [0.1, 0.15) is 44.9 Å². The Hall–Kier alpha value is -4.43. The maximum atomic E-state index is 14.1. The van der Waals surface area contributed by atoms with Gasteiger partial charge < -0.3 is 28.4 Å². The van der Waals surface area contributed by atoms with Crippen LogP contribution in [0.2, 0.25) is 0 Å². The summed E-state index contributed by atoms with van der Waals surface area (Å²) in [7, 11) is 2.70. The molecule has 1 aromatic heterocycles. The minimum absolute atomic E-state index is 0.121. The number of halogens is 1. The van der Waals surface area contributed by atoms with Crippen LogP contribution in [-0.2, 0) is 23.9 Å². The van der Waals surface area contributed by atoms with Gasteiger partial charge in [0.05, 0.1) is 49.3 Å². The van der Waals surface area contributed by atoms with Gasteiger partial charge >= 0.3 is 17.9 Å². The third kappa shape index (κ3) is 7.28. The van der Waals surface area contributed by atoms with Crippen LogP contribution in [0.3, 0.4) is 0 Å². The van der Waals surface area contributed by atoms with Crippen LogP contribution in [0, 0.1) is 0 Å². The molecule has 4 rings (SSSR count). The summed E-state index contributed by atoms with van der Waals surface area (Å²) < 4.78 is 34.4. The molecule has 0 spiro atoms. The molecule has 0 bridgehead atoms. The van der Waals surface area contributed by atoms with E-state index >= 15 is 0 Å². The van der Waals surface area contributed by atoms with Gasteiger partial charge in [0.15, 0.2) is 34.4 Å². The van der Waals surface area contributed by atoms with Crippen LogP contribution in [0.25, 0.3) is 6.08 Å². The van der Waals surface area contributed by atoms with Gasteiger partial charge in [0.1, 0.15) is 0 Å². The molecule has 2 heterocycles. The zero-order chi connectivity index (χ0) is 32.8. The summed E-state index contributed by atoms with van der Waals surface area (Å²) in [5.74, 6) is -0.587. The van der Waals surface area contributed by atoms with E-state index in [1.54, 1.807) is 57.2 Å². The molecular formula is C31H31BrN2O10S. The van der Waals surface area contributed by atoms with Crippen molar-refractivity contribution in [3.05, 3.63) is 76.9 Å². The predicted molar refractivity (Wildman–Crippen MR) is 168 cm³/mol. The van der Waals surface area contributed by atoms with Gasteiger partial charge in [-0.3, -0.25) is 14.2 Å². The molecule has 0 unspecified atom stereocenters. The zero-order valence-electron chi connectivity index (χ0n) is 25.4. The number of benzene rings is 2. The molecule has 0 fully saturated rings. The lowest BCUT2D eigenvalue weighted by Gasteiger charge is -2.25. The number of nitrogens with zero attached hydrogens (tertiary/aromatic N) is 2. The van der Waals surface area contributed by atoms with Gasteiger partial charge in [-0.05, 0) is 62.2 Å². The Balaban J connectivity index is 1.91. The predicted octanol–water partition coefficient (Wildman–Crippen LogP) is 3.45. The van der Waals surface area contributed by atoms with E-state index in [2.05, 4.69) is 25.7 Å². The van der Waals surface area contributed by atoms with Gasteiger partial charge in [0.25, 0.3) is 5.56 Å². The summed E-state index contributed by atoms with van der Waals surface area (Å²) in [6, 6.07) is 7.24. The van der Waals surface area contributed by atoms with Crippen LogP contribution in [0.4, 0.5) is 0 Å². The highest BCUT2D eigenvalue weighted by molar-refractivity contribution is 9.10. The Morgan fingerprint density at radius 2 is 1.78 bits per heavy atom. The number of carbonyl (C=O) groups is 3. The highest BCUT2D eigenvalue weighted by atomic mass is 79.9. The van der Waals surface area contributed by atoms with Crippen molar-refractivity contribution in [2.75, 3.05) is 34.0 Å². The molecule has 14 heteroatoms. The van der Waals surface area contributed by atoms with Gasteiger partial charge in [-0.2, -0.15) is 0 Å². The fourth-order valence-corrected chi connectivity index (χ4v) is 6.06. The highest BCUT2D eigenvalue weighted by Crippen LogP contribution is 2.37. The summed E-state index contributed by atoms with van der Waals surface area (Å²) in [5.41, 5.74) is 1.29. The number of carbonyl (C=O) groups excluding carboxylic acids is 3. The molecule has 12 nitrogen and oxygen atoms in total. The molecule has 0 N–H and O–H groups in total. The van der Waals surface area contributed by atoms with E-state index < -0.39 is 29.5 Å². The molecular weight excluding hydrogens is 672 g/mol. The Labute approximate surface area is 270 Å². The summed E-state index contributed by atoms with van der Waals surface area (Å²) in [4.78, 5) is 55.6. The minimum Gasteiger partial charge on any atom is -0.493 e. The van der Waals surface area contributed by atoms with Crippen molar-refractivity contribution in [2.45, 2.75) is 33.7 Å². The second-order valence-corrected chi connectivity index (χ2v) is 11.3. The normalized spacial score (nSPS) is 14.3. The second-order valence-electron chi connectivity index (χ2n) is 9.42. The van der Waals surface area contributed by atoms with Crippen LogP contribution < -0.4 is 33.8 Å². The quantitative estimate of drug-likeness (QED) is 0.216. The summed E-state index contributed by atoms with van der Waals surface area (Å²) in [6.45, 7) is 6.53. The third-order valence-corrected chi connectivity index (χ3v) is 8.17. The number of rotatable bonds is 11. The number of esters is 3. The summed E-state index contributed by atoms with van der Waals surface area (Å²) in [5, 5.41) is 0. The average Bonchev–Trinajstić information content (AvgIpc) is 3.30. The molecule has 0 amide bonds. The number of thiazole rings is 1. The number of aromatic nitrogens is 1. The first-order valence-electron chi connectivity index (χ1n) is 13.7. The Bertz CT molecular complexity index is 1860. The lowest BCUT2D eigenvalue weighted by atomic mass is 9.95. The molecule has 0 aliphatic carbocycles. The molecule has 1 aliphatic heterocycles. The van der Waals surface area contributed by atoms with Crippen LogP contribution in [0.15, 0.2) is 55.9 Å². The Morgan fingerprint density at radius 3 is 2.42 bits per heavy atom. The maximum absolute atomic E-state index is 14.1. The number of hydrogen-bond donors (Lipinski definition) is 0. The molecule has 1 aliphatic rings. The van der Waals surface area contributed by atoms with E-state index in [0.29, 0.717) is 42.1 Å². The standard InChI is InChI=1S/C31H31BrN2O10S/c1-7-41-23-11-18(9-10-21(23)43-15-26(36)40-6)28-27(30(38)42-8-2)16(3)33-31-34(28)29(37)25(45-31)13-19-12-22(39-5)24(14-20(19)32)44-17(4)35/h9-14,28H,7-8,15H2,1-6H3/b25-13-/t28-/m0/s1. The van der Waals surface area contributed by atoms with Crippen molar-refractivity contribution >= 4 is 51.3 Å². The molecule has 1 atom stereocenters. The number of methoxy groups -OCH3 is 2. The number of ether oxygens (including phenoxy) is 6. The Morgan fingerprint density at radius 1 is 1.02 bits per heavy atom. The van der Waals surface area contributed by atoms with Crippen molar-refractivity contribution in [1.29, 1.82) is 0 Å². The van der Waals surface area contributed by atoms with E-state index in [-0.39, 0.29) is 36.9 Å². The van der Waals surface area contributed by atoms with Crippen molar-refractivity contribution in [3.63, 3.8) is 0 Å². The molecule has 0 saturated heterocycles. The molecule has 3 aromatic rings. The lowest BCUT2D eigenvalue weighted by molar-refractivity contribution is -0.143. The summed E-state index contributed by atoms with van der Waals surface area (Å²) >= 11 is 4.63. The molecule has 0 saturated carbocycles. The number of allylic oxidation sites excluding steroid dienone is 1. The van der Waals surface area contributed by atoms with Crippen molar-refractivity contribution < 1.29 is 42.8 Å². The first-order chi connectivity index (χ1) is 21.5. The van der Waals surface area contributed by atoms with Gasteiger partial charge in [0, 0.05) is 11.4 Å². The highest BCUT2D eigenvalue weighted by Gasteiger charge is 2.34. The van der Waals surface area contributed by atoms with Crippen LogP contribution >= 0.6 is 27.3 Å². The van der Waals surface area contributed by atoms with Gasteiger partial charge in [0.2, 0.25) is 0 Å². The van der Waals surface area contributed by atoms with E-state index in [1.807, 2.05) is 0 Å². The topological polar surface area (TPSA) is 141 Å². The SMILES string of the molecule is CCOC(=O)C1=C(C)N=c2s/c(=C\c3cc(OC)c(OC(C)=O)cc3Br)c(=O)n2[C@H]1c1ccc(OCC(=O)OC)c(OCC)c1. The first kappa shape index (κ1) is 33.5. The van der Waals surface area contributed by atoms with Crippen molar-refractivity contribution in [1.82, 2.24) is 4.57 Å². The molecule has 45 heavy (non-hydrogen) atoms. The zero-order valence-corrected chi connectivity index (χ0v) is 27.8.